The monoisotopic (exact) mass is 321 g/mol. The standard InChI is InChI=1S/C19H28FNO2/c1-6-22-16(5)17(13-15(4)10-7-9-14(2)3)23-19-12-8-11-18(20)21-19/h8-9,11-12,15,17H,5-7,10,13H2,1-4H3/t15-,17+/m1/s1. The molecule has 0 bridgehead atoms. The molecule has 0 saturated heterocycles. The highest BCUT2D eigenvalue weighted by Gasteiger charge is 2.20. The van der Waals surface area contributed by atoms with Gasteiger partial charge < -0.3 is 9.47 Å². The van der Waals surface area contributed by atoms with Crippen molar-refractivity contribution in [3.8, 4) is 5.88 Å². The van der Waals surface area contributed by atoms with Crippen LogP contribution >= 0.6 is 0 Å². The Labute approximate surface area is 139 Å². The lowest BCUT2D eigenvalue weighted by Crippen LogP contribution is -2.24. The average molecular weight is 321 g/mol. The van der Waals surface area contributed by atoms with Gasteiger partial charge in [-0.25, -0.2) is 0 Å². The number of nitrogens with zero attached hydrogens (tertiary/aromatic N) is 1. The lowest BCUT2D eigenvalue weighted by atomic mass is 9.97. The summed E-state index contributed by atoms with van der Waals surface area (Å²) >= 11 is 0. The summed E-state index contributed by atoms with van der Waals surface area (Å²) in [4.78, 5) is 3.75. The number of allylic oxidation sites excluding steroid dienone is 2. The molecule has 0 radical (unpaired) electrons. The molecule has 0 amide bonds. The van der Waals surface area contributed by atoms with Crippen LogP contribution < -0.4 is 4.74 Å². The topological polar surface area (TPSA) is 31.4 Å². The first-order valence-electron chi connectivity index (χ1n) is 8.16. The third-order valence-electron chi connectivity index (χ3n) is 3.47. The van der Waals surface area contributed by atoms with Crippen LogP contribution in [0.15, 0.2) is 42.2 Å². The lowest BCUT2D eigenvalue weighted by molar-refractivity contribution is 0.104. The Balaban J connectivity index is 2.68. The lowest BCUT2D eigenvalue weighted by Gasteiger charge is -2.23. The fraction of sp³-hybridized carbons (Fsp3) is 0.526. The smallest absolute Gasteiger partial charge is 0.216 e. The van der Waals surface area contributed by atoms with E-state index in [0.717, 1.165) is 19.3 Å². The molecule has 0 aliphatic heterocycles. The first kappa shape index (κ1) is 19.2. The normalized spacial score (nSPS) is 13.1. The minimum atomic E-state index is -0.556. The Hall–Kier alpha value is -1.84. The molecule has 1 rings (SSSR count). The van der Waals surface area contributed by atoms with Gasteiger partial charge in [0.15, 0.2) is 6.10 Å². The van der Waals surface area contributed by atoms with Gasteiger partial charge in [0.25, 0.3) is 0 Å². The zero-order valence-electron chi connectivity index (χ0n) is 14.6. The highest BCUT2D eigenvalue weighted by molar-refractivity contribution is 5.12. The van der Waals surface area contributed by atoms with E-state index in [1.165, 1.54) is 11.6 Å². The molecule has 0 aliphatic carbocycles. The average Bonchev–Trinajstić information content (AvgIpc) is 2.46. The maximum Gasteiger partial charge on any atom is 0.216 e. The van der Waals surface area contributed by atoms with E-state index >= 15 is 0 Å². The summed E-state index contributed by atoms with van der Waals surface area (Å²) in [6.07, 6.45) is 4.76. The van der Waals surface area contributed by atoms with E-state index in [4.69, 9.17) is 9.47 Å². The molecular formula is C19H28FNO2. The minimum absolute atomic E-state index is 0.257. The zero-order chi connectivity index (χ0) is 17.2. The fourth-order valence-electron chi connectivity index (χ4n) is 2.26. The highest BCUT2D eigenvalue weighted by Crippen LogP contribution is 2.22. The molecule has 4 heteroatoms. The van der Waals surface area contributed by atoms with Gasteiger partial charge in [0, 0.05) is 6.07 Å². The largest absolute Gasteiger partial charge is 0.495 e. The van der Waals surface area contributed by atoms with E-state index in [1.807, 2.05) is 6.92 Å². The number of halogens is 1. The van der Waals surface area contributed by atoms with Gasteiger partial charge in [-0.05, 0) is 52.0 Å². The summed E-state index contributed by atoms with van der Waals surface area (Å²) in [5.74, 6) is 0.696. The van der Waals surface area contributed by atoms with Crippen molar-refractivity contribution in [3.63, 3.8) is 0 Å². The van der Waals surface area contributed by atoms with Gasteiger partial charge >= 0.3 is 0 Å². The Bertz CT molecular complexity index is 524. The Kier molecular flexibility index (Phi) is 8.38. The molecule has 3 nitrogen and oxygen atoms in total. The molecule has 0 unspecified atom stereocenters. The summed E-state index contributed by atoms with van der Waals surface area (Å²) in [6.45, 7) is 12.8. The van der Waals surface area contributed by atoms with E-state index in [1.54, 1.807) is 12.1 Å². The number of hydrogen-bond donors (Lipinski definition) is 0. The highest BCUT2D eigenvalue weighted by atomic mass is 19.1. The number of aromatic nitrogens is 1. The second kappa shape index (κ2) is 10.0. The van der Waals surface area contributed by atoms with Crippen molar-refractivity contribution in [2.75, 3.05) is 6.61 Å². The molecular weight excluding hydrogens is 293 g/mol. The summed E-state index contributed by atoms with van der Waals surface area (Å²) in [5.41, 5.74) is 1.33. The van der Waals surface area contributed by atoms with Gasteiger partial charge in [-0.1, -0.05) is 31.2 Å². The molecule has 0 N–H and O–H groups in total. The van der Waals surface area contributed by atoms with Gasteiger partial charge in [0.2, 0.25) is 11.8 Å². The molecule has 0 aromatic carbocycles. The van der Waals surface area contributed by atoms with Crippen molar-refractivity contribution in [1.29, 1.82) is 0 Å². The number of ether oxygens (including phenoxy) is 2. The van der Waals surface area contributed by atoms with Crippen molar-refractivity contribution < 1.29 is 13.9 Å². The predicted molar refractivity (Wildman–Crippen MR) is 91.8 cm³/mol. The number of rotatable bonds is 10. The van der Waals surface area contributed by atoms with Crippen LogP contribution in [0.4, 0.5) is 4.39 Å². The maximum atomic E-state index is 13.2. The SMILES string of the molecule is C=C(OCC)[C@H](C[C@H](C)CCC=C(C)C)Oc1cccc(F)n1. The molecule has 2 atom stereocenters. The van der Waals surface area contributed by atoms with Gasteiger partial charge in [0.05, 0.1) is 6.61 Å². The van der Waals surface area contributed by atoms with Crippen LogP contribution in [0.3, 0.4) is 0 Å². The van der Waals surface area contributed by atoms with Crippen molar-refractivity contribution in [2.45, 2.75) is 53.1 Å². The second-order valence-electron chi connectivity index (χ2n) is 6.00. The molecule has 23 heavy (non-hydrogen) atoms. The first-order chi connectivity index (χ1) is 10.9. The van der Waals surface area contributed by atoms with Crippen LogP contribution in [0.25, 0.3) is 0 Å². The van der Waals surface area contributed by atoms with Crippen LogP contribution in [0.2, 0.25) is 0 Å². The minimum Gasteiger partial charge on any atom is -0.495 e. The van der Waals surface area contributed by atoms with Crippen molar-refractivity contribution in [3.05, 3.63) is 48.1 Å². The summed E-state index contributed by atoms with van der Waals surface area (Å²) in [6, 6.07) is 4.51. The van der Waals surface area contributed by atoms with Gasteiger partial charge in [-0.2, -0.15) is 9.37 Å². The van der Waals surface area contributed by atoms with E-state index in [9.17, 15) is 4.39 Å². The van der Waals surface area contributed by atoms with Gasteiger partial charge in [-0.15, -0.1) is 0 Å². The molecule has 1 aromatic heterocycles. The maximum absolute atomic E-state index is 13.2. The van der Waals surface area contributed by atoms with Crippen LogP contribution in [0.1, 0.15) is 47.0 Å². The molecule has 1 aromatic rings. The third kappa shape index (κ3) is 7.82. The van der Waals surface area contributed by atoms with E-state index in [-0.39, 0.29) is 12.0 Å². The summed E-state index contributed by atoms with van der Waals surface area (Å²) < 4.78 is 24.5. The predicted octanol–water partition coefficient (Wildman–Crippen LogP) is 5.29. The van der Waals surface area contributed by atoms with Crippen LogP contribution in [-0.2, 0) is 4.74 Å². The number of pyridine rings is 1. The second-order valence-corrected chi connectivity index (χ2v) is 6.00. The van der Waals surface area contributed by atoms with E-state index in [0.29, 0.717) is 18.3 Å². The summed E-state index contributed by atoms with van der Waals surface area (Å²) in [5, 5.41) is 0. The van der Waals surface area contributed by atoms with Crippen LogP contribution in [0, 0.1) is 11.9 Å². The summed E-state index contributed by atoms with van der Waals surface area (Å²) in [7, 11) is 0. The molecule has 0 fully saturated rings. The molecule has 0 spiro atoms. The first-order valence-corrected chi connectivity index (χ1v) is 8.16. The van der Waals surface area contributed by atoms with Gasteiger partial charge in [0.1, 0.15) is 5.76 Å². The zero-order valence-corrected chi connectivity index (χ0v) is 14.6. The van der Waals surface area contributed by atoms with Gasteiger partial charge in [-0.3, -0.25) is 0 Å². The fourth-order valence-corrected chi connectivity index (χ4v) is 2.26. The molecule has 0 saturated carbocycles. The Morgan fingerprint density at radius 2 is 2.13 bits per heavy atom. The molecule has 1 heterocycles. The third-order valence-corrected chi connectivity index (χ3v) is 3.47. The number of hydrogen-bond acceptors (Lipinski definition) is 3. The van der Waals surface area contributed by atoms with Crippen LogP contribution in [0.5, 0.6) is 5.88 Å². The van der Waals surface area contributed by atoms with Crippen LogP contribution in [-0.4, -0.2) is 17.7 Å². The van der Waals surface area contributed by atoms with Crippen molar-refractivity contribution >= 4 is 0 Å². The molecule has 0 aliphatic rings. The van der Waals surface area contributed by atoms with Crippen molar-refractivity contribution in [2.24, 2.45) is 5.92 Å². The van der Waals surface area contributed by atoms with E-state index < -0.39 is 5.95 Å². The van der Waals surface area contributed by atoms with E-state index in [2.05, 4.69) is 38.4 Å². The quantitative estimate of drug-likeness (QED) is 0.333. The Morgan fingerprint density at radius 1 is 1.39 bits per heavy atom. The Morgan fingerprint density at radius 3 is 2.74 bits per heavy atom. The van der Waals surface area contributed by atoms with Crippen molar-refractivity contribution in [1.82, 2.24) is 4.98 Å². The molecule has 128 valence electrons.